The normalized spacial score (nSPS) is 18.2. The Hall–Kier alpha value is -2.69. The van der Waals surface area contributed by atoms with Crippen LogP contribution in [0.4, 0.5) is 10.1 Å². The molecular formula is C25H35FN4O5. The smallest absolute Gasteiger partial charge is 0.341 e. The number of pyridine rings is 1. The van der Waals surface area contributed by atoms with Crippen molar-refractivity contribution in [2.24, 2.45) is 0 Å². The van der Waals surface area contributed by atoms with Crippen molar-refractivity contribution in [1.82, 2.24) is 14.8 Å². The number of aliphatic hydroxyl groups is 1. The molecule has 2 aromatic rings. The molecule has 35 heavy (non-hydrogen) atoms. The van der Waals surface area contributed by atoms with Gasteiger partial charge in [0.25, 0.3) is 0 Å². The molecule has 2 heterocycles. The van der Waals surface area contributed by atoms with Crippen LogP contribution in [0.1, 0.15) is 50.0 Å². The molecule has 0 amide bonds. The SMILES string of the molecule is COc1c(N2CCN(CC(O)CNC(C)(C)C)CC2)c(F)cc2c(=O)c(C(=O)O)cn(C3CC3)c12. The molecule has 2 aliphatic rings. The number of rotatable bonds is 8. The van der Waals surface area contributed by atoms with Gasteiger partial charge in [-0.2, -0.15) is 0 Å². The Morgan fingerprint density at radius 2 is 1.91 bits per heavy atom. The zero-order chi connectivity index (χ0) is 25.5. The second-order valence-corrected chi connectivity index (χ2v) is 10.5. The molecule has 3 N–H and O–H groups in total. The van der Waals surface area contributed by atoms with E-state index in [2.05, 4.69) is 31.0 Å². The van der Waals surface area contributed by atoms with Crippen LogP contribution in [0.2, 0.25) is 0 Å². The molecule has 1 saturated carbocycles. The Kier molecular flexibility index (Phi) is 7.08. The second-order valence-electron chi connectivity index (χ2n) is 10.5. The van der Waals surface area contributed by atoms with Crippen molar-refractivity contribution in [2.75, 3.05) is 51.3 Å². The summed E-state index contributed by atoms with van der Waals surface area (Å²) in [6.45, 7) is 9.50. The molecule has 1 unspecified atom stereocenters. The summed E-state index contributed by atoms with van der Waals surface area (Å²) in [7, 11) is 1.44. The van der Waals surface area contributed by atoms with Gasteiger partial charge in [0, 0.05) is 57.0 Å². The number of aliphatic hydroxyl groups excluding tert-OH is 1. The molecule has 9 nitrogen and oxygen atoms in total. The number of anilines is 1. The Morgan fingerprint density at radius 3 is 2.46 bits per heavy atom. The highest BCUT2D eigenvalue weighted by Gasteiger charge is 2.32. The van der Waals surface area contributed by atoms with Crippen molar-refractivity contribution in [3.8, 4) is 5.75 Å². The van der Waals surface area contributed by atoms with Crippen LogP contribution in [0.15, 0.2) is 17.1 Å². The molecule has 1 saturated heterocycles. The van der Waals surface area contributed by atoms with Crippen molar-refractivity contribution in [2.45, 2.75) is 51.3 Å². The number of β-amino-alcohol motifs (C(OH)–C–C–N with tert-alkyl or cyclic N) is 1. The fourth-order valence-electron chi connectivity index (χ4n) is 4.66. The number of nitrogens with zero attached hydrogens (tertiary/aromatic N) is 3. The quantitative estimate of drug-likeness (QED) is 0.516. The maximum atomic E-state index is 15.5. The first-order chi connectivity index (χ1) is 16.5. The number of carbonyl (C=O) groups is 1. The van der Waals surface area contributed by atoms with Crippen molar-refractivity contribution in [3.05, 3.63) is 33.9 Å². The number of fused-ring (bicyclic) bond motifs is 1. The number of halogens is 1. The van der Waals surface area contributed by atoms with Gasteiger partial charge < -0.3 is 29.7 Å². The van der Waals surface area contributed by atoms with Crippen molar-refractivity contribution in [1.29, 1.82) is 0 Å². The average molecular weight is 491 g/mol. The fourth-order valence-corrected chi connectivity index (χ4v) is 4.66. The van der Waals surface area contributed by atoms with Crippen LogP contribution < -0.4 is 20.4 Å². The third kappa shape index (κ3) is 5.44. The van der Waals surface area contributed by atoms with Crippen LogP contribution in [0.5, 0.6) is 5.75 Å². The van der Waals surface area contributed by atoms with E-state index in [1.807, 2.05) is 4.90 Å². The second kappa shape index (κ2) is 9.75. The lowest BCUT2D eigenvalue weighted by molar-refractivity contribution is 0.0694. The zero-order valence-electron chi connectivity index (χ0n) is 20.8. The number of aromatic nitrogens is 1. The Balaban J connectivity index is 1.60. The monoisotopic (exact) mass is 490 g/mol. The lowest BCUT2D eigenvalue weighted by Crippen LogP contribution is -2.51. The summed E-state index contributed by atoms with van der Waals surface area (Å²) in [6, 6.07) is 1.21. The predicted octanol–water partition coefficient (Wildman–Crippen LogP) is 2.05. The van der Waals surface area contributed by atoms with Gasteiger partial charge in [-0.1, -0.05) is 0 Å². The van der Waals surface area contributed by atoms with Gasteiger partial charge in [0.15, 0.2) is 11.6 Å². The molecule has 192 valence electrons. The summed E-state index contributed by atoms with van der Waals surface area (Å²) in [6.07, 6.45) is 2.57. The number of carboxylic acid groups (broad SMARTS) is 1. The van der Waals surface area contributed by atoms with Crippen LogP contribution in [0, 0.1) is 5.82 Å². The fraction of sp³-hybridized carbons (Fsp3) is 0.600. The third-order valence-corrected chi connectivity index (χ3v) is 6.60. The number of hydrogen-bond acceptors (Lipinski definition) is 7. The van der Waals surface area contributed by atoms with Crippen molar-refractivity contribution >= 4 is 22.6 Å². The minimum Gasteiger partial charge on any atom is -0.492 e. The van der Waals surface area contributed by atoms with E-state index in [0.717, 1.165) is 18.9 Å². The summed E-state index contributed by atoms with van der Waals surface area (Å²) in [5, 5.41) is 23.2. The molecule has 1 aliphatic carbocycles. The molecule has 1 aromatic heterocycles. The summed E-state index contributed by atoms with van der Waals surface area (Å²) in [5.41, 5.74) is -0.433. The lowest BCUT2D eigenvalue weighted by atomic mass is 10.1. The van der Waals surface area contributed by atoms with E-state index < -0.39 is 23.3 Å². The van der Waals surface area contributed by atoms with Gasteiger partial charge in [-0.3, -0.25) is 9.69 Å². The van der Waals surface area contributed by atoms with Gasteiger partial charge in [-0.25, -0.2) is 9.18 Å². The molecule has 1 atom stereocenters. The molecule has 4 rings (SSSR count). The summed E-state index contributed by atoms with van der Waals surface area (Å²) in [5.74, 6) is -1.69. The topological polar surface area (TPSA) is 107 Å². The van der Waals surface area contributed by atoms with Gasteiger partial charge >= 0.3 is 5.97 Å². The highest BCUT2D eigenvalue weighted by molar-refractivity contribution is 5.97. The van der Waals surface area contributed by atoms with E-state index in [9.17, 15) is 19.8 Å². The largest absolute Gasteiger partial charge is 0.492 e. The van der Waals surface area contributed by atoms with Gasteiger partial charge in [0.05, 0.1) is 24.1 Å². The molecule has 0 spiro atoms. The van der Waals surface area contributed by atoms with Crippen LogP contribution in [-0.4, -0.2) is 83.7 Å². The highest BCUT2D eigenvalue weighted by Crippen LogP contribution is 2.43. The third-order valence-electron chi connectivity index (χ3n) is 6.60. The number of methoxy groups -OCH3 is 1. The summed E-state index contributed by atoms with van der Waals surface area (Å²) < 4.78 is 22.9. The van der Waals surface area contributed by atoms with Gasteiger partial charge in [-0.05, 0) is 39.7 Å². The van der Waals surface area contributed by atoms with E-state index in [1.165, 1.54) is 13.3 Å². The number of nitrogens with one attached hydrogen (secondary N) is 1. The number of ether oxygens (including phenoxy) is 1. The number of piperazine rings is 1. The Labute approximate surface area is 204 Å². The van der Waals surface area contributed by atoms with Crippen molar-refractivity contribution < 1.29 is 24.1 Å². The number of benzene rings is 1. The van der Waals surface area contributed by atoms with Gasteiger partial charge in [0.2, 0.25) is 5.43 Å². The van der Waals surface area contributed by atoms with E-state index in [4.69, 9.17) is 4.74 Å². The molecule has 0 bridgehead atoms. The van der Waals surface area contributed by atoms with Gasteiger partial charge in [-0.15, -0.1) is 0 Å². The Bertz CT molecular complexity index is 1160. The first kappa shape index (κ1) is 25.4. The minimum atomic E-state index is -1.33. The molecule has 2 fully saturated rings. The number of carboxylic acids is 1. The standard InChI is InChI=1S/C25H35FN4O5/c1-25(2,3)27-12-16(31)13-28-7-9-29(10-8-28)21-19(26)11-17-20(23(21)35-4)30(15-5-6-15)14-18(22(17)32)24(33)34/h11,14-16,27,31H,5-10,12-13H2,1-4H3,(H,33,34). The maximum Gasteiger partial charge on any atom is 0.341 e. The van der Waals surface area contributed by atoms with Crippen LogP contribution in [0.25, 0.3) is 10.9 Å². The predicted molar refractivity (Wildman–Crippen MR) is 132 cm³/mol. The zero-order valence-corrected chi connectivity index (χ0v) is 20.8. The number of hydrogen-bond donors (Lipinski definition) is 3. The number of aromatic carboxylic acids is 1. The van der Waals surface area contributed by atoms with Crippen LogP contribution in [-0.2, 0) is 0 Å². The first-order valence-corrected chi connectivity index (χ1v) is 12.1. The molecule has 10 heteroatoms. The molecule has 1 aromatic carbocycles. The minimum absolute atomic E-state index is 0.0167. The first-order valence-electron chi connectivity index (χ1n) is 12.1. The van der Waals surface area contributed by atoms with E-state index in [1.54, 1.807) is 4.57 Å². The molecule has 0 radical (unpaired) electrons. The van der Waals surface area contributed by atoms with Gasteiger partial charge in [0.1, 0.15) is 11.3 Å². The maximum absolute atomic E-state index is 15.5. The highest BCUT2D eigenvalue weighted by atomic mass is 19.1. The molecule has 1 aliphatic heterocycles. The van der Waals surface area contributed by atoms with E-state index >= 15 is 4.39 Å². The molecular weight excluding hydrogens is 455 g/mol. The van der Waals surface area contributed by atoms with E-state index in [-0.39, 0.29) is 34.0 Å². The van der Waals surface area contributed by atoms with Crippen molar-refractivity contribution in [3.63, 3.8) is 0 Å². The average Bonchev–Trinajstić information content (AvgIpc) is 3.63. The summed E-state index contributed by atoms with van der Waals surface area (Å²) in [4.78, 5) is 28.6. The van der Waals surface area contributed by atoms with E-state index in [0.29, 0.717) is 44.8 Å². The summed E-state index contributed by atoms with van der Waals surface area (Å²) >= 11 is 0. The van der Waals surface area contributed by atoms with Crippen LogP contribution in [0.3, 0.4) is 0 Å². The lowest BCUT2D eigenvalue weighted by Gasteiger charge is -2.38. The van der Waals surface area contributed by atoms with Crippen LogP contribution >= 0.6 is 0 Å². The Morgan fingerprint density at radius 1 is 1.26 bits per heavy atom.